The second kappa shape index (κ2) is 11.4. The maximum atomic E-state index is 14.2. The van der Waals surface area contributed by atoms with Crippen LogP contribution in [0.25, 0.3) is 0 Å². The molecule has 0 spiro atoms. The summed E-state index contributed by atoms with van der Waals surface area (Å²) in [6.45, 7) is 0. The van der Waals surface area contributed by atoms with E-state index < -0.39 is 29.6 Å². The van der Waals surface area contributed by atoms with Crippen LogP contribution in [0.2, 0.25) is 0 Å². The summed E-state index contributed by atoms with van der Waals surface area (Å²) < 4.78 is 6.10. The molecule has 3 aliphatic carbocycles. The molecule has 0 unspecified atom stereocenters. The number of amides is 2. The second-order valence-electron chi connectivity index (χ2n) is 11.7. The zero-order valence-corrected chi connectivity index (χ0v) is 27.5. The lowest BCUT2D eigenvalue weighted by Crippen LogP contribution is -2.39. The third-order valence-electron chi connectivity index (χ3n) is 9.35. The highest BCUT2D eigenvalue weighted by Gasteiger charge is 2.57. The van der Waals surface area contributed by atoms with Gasteiger partial charge in [0.1, 0.15) is 0 Å². The SMILES string of the molecule is COc1cc(Br)cc([C@H]2C3=CC[C@@H]4C(=O)N(c5ccc(C(=O)c6ccccc6)cc5)C(=O)[C@@H]4[C@@H]3CC3=C2C(=O)C=C(Br)C3=O)c1O. The summed E-state index contributed by atoms with van der Waals surface area (Å²) in [7, 11) is 1.42. The highest BCUT2D eigenvalue weighted by Crippen LogP contribution is 2.57. The van der Waals surface area contributed by atoms with Crippen LogP contribution in [0, 0.1) is 17.8 Å². The van der Waals surface area contributed by atoms with Gasteiger partial charge in [-0.05, 0) is 71.1 Å². The summed E-state index contributed by atoms with van der Waals surface area (Å²) >= 11 is 6.70. The number of benzene rings is 3. The number of Topliss-reactive ketones (excluding diaryl/α,β-unsaturated/α-hetero) is 1. The number of imide groups is 1. The highest BCUT2D eigenvalue weighted by molar-refractivity contribution is 9.12. The normalized spacial score (nSPS) is 23.8. The maximum absolute atomic E-state index is 14.2. The van der Waals surface area contributed by atoms with Gasteiger partial charge in [0.15, 0.2) is 28.8 Å². The van der Waals surface area contributed by atoms with E-state index >= 15 is 0 Å². The molecule has 1 saturated heterocycles. The van der Waals surface area contributed by atoms with Crippen LogP contribution in [0.3, 0.4) is 0 Å². The molecule has 8 nitrogen and oxygen atoms in total. The van der Waals surface area contributed by atoms with Crippen molar-refractivity contribution >= 4 is 66.7 Å². The average Bonchev–Trinajstić information content (AvgIpc) is 3.32. The molecule has 1 N–H and O–H groups in total. The van der Waals surface area contributed by atoms with Gasteiger partial charge in [-0.2, -0.15) is 0 Å². The number of hydrogen-bond acceptors (Lipinski definition) is 7. The molecule has 4 aliphatic rings. The number of hydrogen-bond donors (Lipinski definition) is 1. The standard InChI is InChI=1S/C36H25Br2NO7/c1-46-28-14-19(37)13-24(34(28)43)29-21-11-12-22-30(23(21)15-25-31(29)27(40)16-26(38)33(25)42)36(45)39(35(22)44)20-9-7-18(8-10-20)32(41)17-5-3-2-4-6-17/h2-11,13-14,16,22-23,29-30,43H,12,15H2,1H3/t22-,23+,29+,30-/m0/s1. The minimum absolute atomic E-state index is 0.0929. The monoisotopic (exact) mass is 741 g/mol. The lowest BCUT2D eigenvalue weighted by Gasteiger charge is -2.42. The predicted molar refractivity (Wildman–Crippen MR) is 176 cm³/mol. The number of aromatic hydroxyl groups is 1. The van der Waals surface area contributed by atoms with Gasteiger partial charge in [0.2, 0.25) is 11.8 Å². The van der Waals surface area contributed by atoms with Crippen LogP contribution >= 0.6 is 31.9 Å². The number of carbonyl (C=O) groups is 5. The van der Waals surface area contributed by atoms with Gasteiger partial charge in [0, 0.05) is 44.3 Å². The summed E-state index contributed by atoms with van der Waals surface area (Å²) in [5.41, 5.74) is 2.87. The number of ether oxygens (including phenoxy) is 1. The van der Waals surface area contributed by atoms with Crippen LogP contribution < -0.4 is 9.64 Å². The quantitative estimate of drug-likeness (QED) is 0.140. The van der Waals surface area contributed by atoms with E-state index in [-0.39, 0.29) is 63.2 Å². The van der Waals surface area contributed by atoms with Crippen molar-refractivity contribution in [1.82, 2.24) is 0 Å². The molecule has 4 atom stereocenters. The molecule has 0 aromatic heterocycles. The van der Waals surface area contributed by atoms with Gasteiger partial charge in [0.05, 0.1) is 29.1 Å². The first-order valence-corrected chi connectivity index (χ1v) is 16.2. The smallest absolute Gasteiger partial charge is 0.238 e. The molecule has 1 aliphatic heterocycles. The summed E-state index contributed by atoms with van der Waals surface area (Å²) in [5, 5.41) is 11.3. The molecule has 230 valence electrons. The molecular formula is C36H25Br2NO7. The fourth-order valence-electron chi connectivity index (χ4n) is 7.30. The first-order chi connectivity index (χ1) is 22.1. The van der Waals surface area contributed by atoms with Gasteiger partial charge >= 0.3 is 0 Å². The summed E-state index contributed by atoms with van der Waals surface area (Å²) in [6, 6.07) is 18.5. The Morgan fingerprint density at radius 1 is 0.913 bits per heavy atom. The number of phenolic OH excluding ortho intramolecular Hbond substituents is 1. The van der Waals surface area contributed by atoms with Crippen molar-refractivity contribution in [3.05, 3.63) is 121 Å². The first-order valence-electron chi connectivity index (χ1n) is 14.6. The topological polar surface area (TPSA) is 118 Å². The van der Waals surface area contributed by atoms with Crippen molar-refractivity contribution in [2.24, 2.45) is 17.8 Å². The molecule has 7 rings (SSSR count). The van der Waals surface area contributed by atoms with Gasteiger partial charge in [0.25, 0.3) is 0 Å². The minimum Gasteiger partial charge on any atom is -0.504 e. The Morgan fingerprint density at radius 2 is 1.61 bits per heavy atom. The van der Waals surface area contributed by atoms with E-state index in [4.69, 9.17) is 4.74 Å². The molecule has 1 heterocycles. The Kier molecular flexibility index (Phi) is 7.52. The number of halogens is 2. The van der Waals surface area contributed by atoms with Crippen molar-refractivity contribution in [2.75, 3.05) is 12.0 Å². The van der Waals surface area contributed by atoms with Gasteiger partial charge < -0.3 is 9.84 Å². The average molecular weight is 743 g/mol. The number of rotatable bonds is 5. The van der Waals surface area contributed by atoms with Gasteiger partial charge in [-0.3, -0.25) is 28.9 Å². The van der Waals surface area contributed by atoms with Crippen LogP contribution in [-0.4, -0.2) is 41.4 Å². The van der Waals surface area contributed by atoms with Crippen molar-refractivity contribution in [2.45, 2.75) is 18.8 Å². The Balaban J connectivity index is 1.28. The first kappa shape index (κ1) is 30.3. The van der Waals surface area contributed by atoms with E-state index in [1.54, 1.807) is 60.7 Å². The molecule has 1 fully saturated rings. The lowest BCUT2D eigenvalue weighted by atomic mass is 9.59. The lowest BCUT2D eigenvalue weighted by molar-refractivity contribution is -0.123. The van der Waals surface area contributed by atoms with Crippen molar-refractivity contribution < 1.29 is 33.8 Å². The number of fused-ring (bicyclic) bond motifs is 3. The molecule has 3 aromatic rings. The number of anilines is 1. The van der Waals surface area contributed by atoms with Gasteiger partial charge in [-0.1, -0.05) is 57.9 Å². The van der Waals surface area contributed by atoms with Crippen LogP contribution in [0.4, 0.5) is 5.69 Å². The number of allylic oxidation sites excluding steroid dienone is 6. The molecule has 0 bridgehead atoms. The third kappa shape index (κ3) is 4.65. The van der Waals surface area contributed by atoms with Gasteiger partial charge in [-0.15, -0.1) is 0 Å². The van der Waals surface area contributed by atoms with E-state index in [1.165, 1.54) is 18.1 Å². The van der Waals surface area contributed by atoms with Crippen molar-refractivity contribution in [1.29, 1.82) is 0 Å². The molecule has 0 saturated carbocycles. The largest absolute Gasteiger partial charge is 0.504 e. The number of nitrogens with zero attached hydrogens (tertiary/aromatic N) is 1. The van der Waals surface area contributed by atoms with Crippen molar-refractivity contribution in [3.8, 4) is 11.5 Å². The van der Waals surface area contributed by atoms with E-state index in [0.29, 0.717) is 32.4 Å². The van der Waals surface area contributed by atoms with Crippen LogP contribution in [0.1, 0.15) is 40.2 Å². The molecular weight excluding hydrogens is 718 g/mol. The highest BCUT2D eigenvalue weighted by atomic mass is 79.9. The van der Waals surface area contributed by atoms with Crippen LogP contribution in [0.5, 0.6) is 11.5 Å². The number of phenols is 1. The molecule has 2 amide bonds. The molecule has 10 heteroatoms. The number of ketones is 3. The minimum atomic E-state index is -0.838. The number of carbonyl (C=O) groups excluding carboxylic acids is 5. The predicted octanol–water partition coefficient (Wildman–Crippen LogP) is 6.36. The Hall–Kier alpha value is -4.41. The molecule has 3 aromatic carbocycles. The molecule has 0 radical (unpaired) electrons. The third-order valence-corrected chi connectivity index (χ3v) is 10.4. The fourth-order valence-corrected chi connectivity index (χ4v) is 8.21. The van der Waals surface area contributed by atoms with E-state index in [0.717, 1.165) is 0 Å². The van der Waals surface area contributed by atoms with Crippen molar-refractivity contribution in [3.63, 3.8) is 0 Å². The zero-order valence-electron chi connectivity index (χ0n) is 24.3. The Labute approximate surface area is 280 Å². The summed E-state index contributed by atoms with van der Waals surface area (Å²) in [4.78, 5) is 69.2. The summed E-state index contributed by atoms with van der Waals surface area (Å²) in [5.74, 6) is -4.56. The van der Waals surface area contributed by atoms with E-state index in [9.17, 15) is 29.1 Å². The Bertz CT molecular complexity index is 1980. The zero-order chi connectivity index (χ0) is 32.4. The Morgan fingerprint density at radius 3 is 2.30 bits per heavy atom. The van der Waals surface area contributed by atoms with Crippen LogP contribution in [0.15, 0.2) is 105 Å². The van der Waals surface area contributed by atoms with E-state index in [1.807, 2.05) is 12.1 Å². The van der Waals surface area contributed by atoms with Gasteiger partial charge in [-0.25, -0.2) is 0 Å². The molecule has 46 heavy (non-hydrogen) atoms. The maximum Gasteiger partial charge on any atom is 0.238 e. The fraction of sp³-hybridized carbons (Fsp3) is 0.194. The number of methoxy groups -OCH3 is 1. The summed E-state index contributed by atoms with van der Waals surface area (Å²) in [6.07, 6.45) is 3.46. The van der Waals surface area contributed by atoms with Crippen LogP contribution in [-0.2, 0) is 19.2 Å². The van der Waals surface area contributed by atoms with E-state index in [2.05, 4.69) is 31.9 Å². The second-order valence-corrected chi connectivity index (χ2v) is 13.5.